The summed E-state index contributed by atoms with van der Waals surface area (Å²) in [7, 11) is -4.00. The molecular weight excluding hydrogens is 416 g/mol. The third-order valence-corrected chi connectivity index (χ3v) is 4.82. The van der Waals surface area contributed by atoms with E-state index in [0.717, 1.165) is 24.3 Å². The number of carbonyl (C=O) groups excluding carboxylic acids is 1. The molecule has 2 aromatic carbocycles. The summed E-state index contributed by atoms with van der Waals surface area (Å²) in [6, 6.07) is 8.52. The molecule has 0 saturated carbocycles. The molecule has 11 heteroatoms. The Balaban J connectivity index is 2.14. The Bertz CT molecular complexity index is 896. The van der Waals surface area contributed by atoms with E-state index in [-0.39, 0.29) is 26.2 Å². The van der Waals surface area contributed by atoms with Crippen molar-refractivity contribution in [1.29, 1.82) is 0 Å². The number of hydrogen-bond acceptors (Lipinski definition) is 3. The Morgan fingerprint density at radius 3 is 2.04 bits per heavy atom. The third-order valence-electron chi connectivity index (χ3n) is 2.99. The molecule has 2 rings (SSSR count). The third kappa shape index (κ3) is 5.79. The van der Waals surface area contributed by atoms with E-state index in [1.165, 1.54) is 18.2 Å². The van der Waals surface area contributed by atoms with Gasteiger partial charge < -0.3 is 5.32 Å². The van der Waals surface area contributed by atoms with E-state index < -0.39 is 28.7 Å². The second-order valence-electron chi connectivity index (χ2n) is 5.09. The minimum Gasteiger partial charge on any atom is -0.343 e. The van der Waals surface area contributed by atoms with Crippen LogP contribution in [0.3, 0.4) is 0 Å². The van der Waals surface area contributed by atoms with Crippen molar-refractivity contribution in [1.82, 2.24) is 5.32 Å². The number of hydrogen-bond donors (Lipinski definition) is 2. The standard InChI is InChI=1S/C15H11Cl2F3N2O3S/c16-10-5-11(17)7-12(6-10)22-26(24,25)13-3-1-9(2-4-13)14(23)21-8-15(18,19)20/h1-7,22H,8H2,(H,21,23). The quantitative estimate of drug-likeness (QED) is 0.755. The summed E-state index contributed by atoms with van der Waals surface area (Å²) in [6.07, 6.45) is -4.54. The molecule has 26 heavy (non-hydrogen) atoms. The highest BCUT2D eigenvalue weighted by Gasteiger charge is 2.28. The van der Waals surface area contributed by atoms with Crippen molar-refractivity contribution in [3.8, 4) is 0 Å². The maximum Gasteiger partial charge on any atom is 0.405 e. The number of rotatable bonds is 5. The van der Waals surface area contributed by atoms with E-state index in [4.69, 9.17) is 23.2 Å². The summed E-state index contributed by atoms with van der Waals surface area (Å²) >= 11 is 11.6. The molecule has 5 nitrogen and oxygen atoms in total. The van der Waals surface area contributed by atoms with Crippen LogP contribution in [0.15, 0.2) is 47.4 Å². The Morgan fingerprint density at radius 2 is 1.54 bits per heavy atom. The molecule has 0 unspecified atom stereocenters. The van der Waals surface area contributed by atoms with E-state index in [2.05, 4.69) is 4.72 Å². The Morgan fingerprint density at radius 1 is 1.00 bits per heavy atom. The zero-order valence-corrected chi connectivity index (χ0v) is 15.1. The molecule has 0 fully saturated rings. The fourth-order valence-electron chi connectivity index (χ4n) is 1.89. The van der Waals surface area contributed by atoms with Crippen LogP contribution in [0.4, 0.5) is 18.9 Å². The number of sulfonamides is 1. The largest absolute Gasteiger partial charge is 0.405 e. The highest BCUT2D eigenvalue weighted by atomic mass is 35.5. The van der Waals surface area contributed by atoms with Crippen LogP contribution in [0.5, 0.6) is 0 Å². The average molecular weight is 427 g/mol. The summed E-state index contributed by atoms with van der Waals surface area (Å²) in [5.74, 6) is -0.971. The second kappa shape index (κ2) is 7.73. The molecule has 0 bridgehead atoms. The first-order chi connectivity index (χ1) is 12.0. The predicted molar refractivity (Wildman–Crippen MR) is 92.1 cm³/mol. The fourth-order valence-corrected chi connectivity index (χ4v) is 3.46. The molecule has 1 amide bonds. The molecule has 0 aromatic heterocycles. The summed E-state index contributed by atoms with van der Waals surface area (Å²) in [5, 5.41) is 2.15. The second-order valence-corrected chi connectivity index (χ2v) is 7.64. The van der Waals surface area contributed by atoms with Crippen LogP contribution >= 0.6 is 23.2 Å². The minimum absolute atomic E-state index is 0.112. The summed E-state index contributed by atoms with van der Waals surface area (Å²) in [4.78, 5) is 11.4. The molecule has 2 aromatic rings. The Kier molecular flexibility index (Phi) is 6.05. The predicted octanol–water partition coefficient (Wildman–Crippen LogP) is 4.09. The molecule has 0 aliphatic heterocycles. The highest BCUT2D eigenvalue weighted by Crippen LogP contribution is 2.24. The highest BCUT2D eigenvalue weighted by molar-refractivity contribution is 7.92. The summed E-state index contributed by atoms with van der Waals surface area (Å²) in [6.45, 7) is -1.48. The van der Waals surface area contributed by atoms with Gasteiger partial charge in [0, 0.05) is 15.6 Å². The lowest BCUT2D eigenvalue weighted by molar-refractivity contribution is -0.123. The van der Waals surface area contributed by atoms with Crippen molar-refractivity contribution in [3.05, 3.63) is 58.1 Å². The lowest BCUT2D eigenvalue weighted by Gasteiger charge is -2.10. The first-order valence-electron chi connectivity index (χ1n) is 6.90. The topological polar surface area (TPSA) is 75.3 Å². The summed E-state index contributed by atoms with van der Waals surface area (Å²) < 4.78 is 63.2. The first kappa shape index (κ1) is 20.3. The first-order valence-corrected chi connectivity index (χ1v) is 9.14. The zero-order valence-electron chi connectivity index (χ0n) is 12.8. The van der Waals surface area contributed by atoms with Gasteiger partial charge in [-0.05, 0) is 42.5 Å². The van der Waals surface area contributed by atoms with E-state index >= 15 is 0 Å². The number of amides is 1. The molecular formula is C15H11Cl2F3N2O3S. The van der Waals surface area contributed by atoms with Crippen molar-refractivity contribution in [2.75, 3.05) is 11.3 Å². The molecule has 2 N–H and O–H groups in total. The monoisotopic (exact) mass is 426 g/mol. The normalized spacial score (nSPS) is 11.9. The molecule has 0 aliphatic rings. The molecule has 0 spiro atoms. The van der Waals surface area contributed by atoms with Crippen LogP contribution in [0, 0.1) is 0 Å². The van der Waals surface area contributed by atoms with Crippen LogP contribution in [-0.4, -0.2) is 27.0 Å². The average Bonchev–Trinajstić information content (AvgIpc) is 2.50. The number of carbonyl (C=O) groups is 1. The number of alkyl halides is 3. The lowest BCUT2D eigenvalue weighted by Crippen LogP contribution is -2.33. The van der Waals surface area contributed by atoms with E-state index in [9.17, 15) is 26.4 Å². The molecule has 0 atom stereocenters. The number of halogens is 5. The van der Waals surface area contributed by atoms with E-state index in [0.29, 0.717) is 0 Å². The van der Waals surface area contributed by atoms with Crippen LogP contribution in [0.25, 0.3) is 0 Å². The minimum atomic E-state index is -4.54. The van der Waals surface area contributed by atoms with Gasteiger partial charge in [0.25, 0.3) is 15.9 Å². The SMILES string of the molecule is O=C(NCC(F)(F)F)c1ccc(S(=O)(=O)Nc2cc(Cl)cc(Cl)c2)cc1. The van der Waals surface area contributed by atoms with Crippen molar-refractivity contribution in [2.24, 2.45) is 0 Å². The number of nitrogens with one attached hydrogen (secondary N) is 2. The van der Waals surface area contributed by atoms with Gasteiger partial charge in [-0.25, -0.2) is 8.42 Å². The van der Waals surface area contributed by atoms with Gasteiger partial charge in [-0.3, -0.25) is 9.52 Å². The maximum absolute atomic E-state index is 12.3. The van der Waals surface area contributed by atoms with E-state index in [1.807, 2.05) is 0 Å². The summed E-state index contributed by atoms with van der Waals surface area (Å²) in [5.41, 5.74) is 0.0218. The van der Waals surface area contributed by atoms with Gasteiger partial charge in [-0.15, -0.1) is 0 Å². The van der Waals surface area contributed by atoms with Gasteiger partial charge in [0.2, 0.25) is 0 Å². The van der Waals surface area contributed by atoms with Gasteiger partial charge in [-0.1, -0.05) is 23.2 Å². The molecule has 0 saturated heterocycles. The smallest absolute Gasteiger partial charge is 0.343 e. The maximum atomic E-state index is 12.3. The molecule has 0 radical (unpaired) electrons. The van der Waals surface area contributed by atoms with Crippen LogP contribution in [0.1, 0.15) is 10.4 Å². The van der Waals surface area contributed by atoms with Crippen LogP contribution < -0.4 is 10.0 Å². The number of benzene rings is 2. The van der Waals surface area contributed by atoms with Crippen molar-refractivity contribution >= 4 is 44.8 Å². The molecule has 0 aliphatic carbocycles. The van der Waals surface area contributed by atoms with Gasteiger partial charge in [0.05, 0.1) is 10.6 Å². The van der Waals surface area contributed by atoms with Crippen LogP contribution in [-0.2, 0) is 10.0 Å². The van der Waals surface area contributed by atoms with Crippen molar-refractivity contribution in [3.63, 3.8) is 0 Å². The van der Waals surface area contributed by atoms with Gasteiger partial charge in [0.15, 0.2) is 0 Å². The van der Waals surface area contributed by atoms with Crippen molar-refractivity contribution in [2.45, 2.75) is 11.1 Å². The fraction of sp³-hybridized carbons (Fsp3) is 0.133. The van der Waals surface area contributed by atoms with Gasteiger partial charge >= 0.3 is 6.18 Å². The molecule has 0 heterocycles. The molecule has 140 valence electrons. The Labute approximate surface area is 157 Å². The van der Waals surface area contributed by atoms with Gasteiger partial charge in [0.1, 0.15) is 6.54 Å². The van der Waals surface area contributed by atoms with Crippen molar-refractivity contribution < 1.29 is 26.4 Å². The number of anilines is 1. The zero-order chi connectivity index (χ0) is 19.5. The Hall–Kier alpha value is -1.97. The van der Waals surface area contributed by atoms with E-state index in [1.54, 1.807) is 5.32 Å². The lowest BCUT2D eigenvalue weighted by atomic mass is 10.2. The van der Waals surface area contributed by atoms with Gasteiger partial charge in [-0.2, -0.15) is 13.2 Å². The van der Waals surface area contributed by atoms with Crippen LogP contribution in [0.2, 0.25) is 10.0 Å².